The van der Waals surface area contributed by atoms with Crippen molar-refractivity contribution < 1.29 is 111 Å². The van der Waals surface area contributed by atoms with Crippen molar-refractivity contribution in [2.45, 2.75) is 350 Å². The van der Waals surface area contributed by atoms with Crippen LogP contribution in [-0.2, 0) is 101 Å². The van der Waals surface area contributed by atoms with E-state index in [0.29, 0.717) is 12.8 Å². The summed E-state index contributed by atoms with van der Waals surface area (Å²) in [6.45, 7) is 27.0. The van der Waals surface area contributed by atoms with Gasteiger partial charge in [-0.25, -0.2) is 4.79 Å². The monoisotopic (exact) mass is 1760 g/mol. The lowest BCUT2D eigenvalue weighted by Crippen LogP contribution is -2.62. The van der Waals surface area contributed by atoms with Gasteiger partial charge in [-0.3, -0.25) is 91.1 Å². The van der Waals surface area contributed by atoms with Gasteiger partial charge in [0.15, 0.2) is 0 Å². The van der Waals surface area contributed by atoms with Crippen LogP contribution in [0.2, 0.25) is 0 Å². The van der Waals surface area contributed by atoms with Gasteiger partial charge in [-0.05, 0) is 118 Å². The third-order valence-corrected chi connectivity index (χ3v) is 20.0. The molecule has 15 unspecified atom stereocenters. The van der Waals surface area contributed by atoms with Crippen molar-refractivity contribution in [2.75, 3.05) is 6.61 Å². The molecule has 704 valence electrons. The fourth-order valence-electron chi connectivity index (χ4n) is 13.3. The van der Waals surface area contributed by atoms with E-state index in [1.807, 2.05) is 0 Å². The van der Waals surface area contributed by atoms with Crippen LogP contribution in [0.3, 0.4) is 0 Å². The van der Waals surface area contributed by atoms with Crippen molar-refractivity contribution >= 4 is 118 Å². The number of ether oxygens (including phenoxy) is 1. The molecule has 0 spiro atoms. The molecule has 0 radical (unpaired) electrons. The summed E-state index contributed by atoms with van der Waals surface area (Å²) in [5, 5.41) is 55.9. The van der Waals surface area contributed by atoms with Crippen molar-refractivity contribution in [1.82, 2.24) is 74.4 Å². The first-order chi connectivity index (χ1) is 57.8. The number of cyclic esters (lactones) is 1. The summed E-state index contributed by atoms with van der Waals surface area (Å²) in [5.74, 6) is -25.2. The van der Waals surface area contributed by atoms with Crippen LogP contribution in [0.25, 0.3) is 0 Å². The predicted molar refractivity (Wildman–Crippen MR) is 454 cm³/mol. The van der Waals surface area contributed by atoms with E-state index in [1.165, 1.54) is 27.7 Å². The topological polar surface area (TPSA) is 664 Å². The van der Waals surface area contributed by atoms with Gasteiger partial charge in [-0.2, -0.15) is 0 Å². The number of hydrogen-bond acceptors (Lipinski definition) is 22. The normalized spacial score (nSPS) is 20.5. The molecule has 41 heteroatoms. The molecule has 1 aliphatic heterocycles. The van der Waals surface area contributed by atoms with E-state index in [0.717, 1.165) is 25.7 Å². The minimum atomic E-state index is -2.10. The summed E-state index contributed by atoms with van der Waals surface area (Å²) in [5.41, 5.74) is 22.1. The third kappa shape index (κ3) is 44.6. The highest BCUT2D eigenvalue weighted by Gasteiger charge is 2.41. The first-order valence-corrected chi connectivity index (χ1v) is 43.2. The molecule has 0 aromatic rings. The minimum absolute atomic E-state index is 0.0351. The number of hydrogen-bond donors (Lipinski definition) is 20. The number of amides is 18. The summed E-state index contributed by atoms with van der Waals surface area (Å²) in [6.07, 6.45) is -2.57. The predicted octanol–water partition coefficient (Wildman–Crippen LogP) is -1.43. The Kier molecular flexibility index (Phi) is 51.2. The van der Waals surface area contributed by atoms with Gasteiger partial charge < -0.3 is 112 Å². The first kappa shape index (κ1) is 111. The van der Waals surface area contributed by atoms with Crippen LogP contribution in [0.15, 0.2) is 0 Å². The fraction of sp³-hybridized carbons (Fsp3) is 0.759. The Morgan fingerprint density at radius 3 is 1.15 bits per heavy atom. The molecule has 18 amide bonds. The molecule has 1 saturated heterocycles. The van der Waals surface area contributed by atoms with Gasteiger partial charge in [0.05, 0.1) is 12.5 Å². The van der Waals surface area contributed by atoms with Crippen LogP contribution >= 0.6 is 0 Å². The Hall–Kier alpha value is -10.6. The summed E-state index contributed by atoms with van der Waals surface area (Å²) >= 11 is 0. The molecule has 1 rings (SSSR count). The molecule has 15 atom stereocenters. The smallest absolute Gasteiger partial charge is 0.328 e. The van der Waals surface area contributed by atoms with Crippen molar-refractivity contribution in [3.8, 4) is 0 Å². The summed E-state index contributed by atoms with van der Waals surface area (Å²) < 4.78 is 5.76. The van der Waals surface area contributed by atoms with E-state index >= 15 is 9.59 Å². The second-order valence-corrected chi connectivity index (χ2v) is 35.2. The lowest BCUT2D eigenvalue weighted by molar-refractivity contribution is -0.151. The van der Waals surface area contributed by atoms with Gasteiger partial charge in [0.25, 0.3) is 0 Å². The van der Waals surface area contributed by atoms with Crippen LogP contribution in [0.1, 0.15) is 259 Å². The highest BCUT2D eigenvalue weighted by atomic mass is 16.5. The van der Waals surface area contributed by atoms with E-state index in [-0.39, 0.29) is 56.3 Å². The number of nitrogens with two attached hydrogens (primary N) is 4. The number of carbonyl (C=O) groups is 20. The van der Waals surface area contributed by atoms with E-state index < -0.39 is 309 Å². The number of aliphatic hydroxyl groups excluding tert-OH is 1. The van der Waals surface area contributed by atoms with Gasteiger partial charge in [0.1, 0.15) is 91.2 Å². The molecular weight excluding hydrogens is 1620 g/mol. The molecule has 0 aliphatic carbocycles. The molecule has 1 aliphatic rings. The number of carboxylic acid groups (broad SMARTS) is 1. The third-order valence-electron chi connectivity index (χ3n) is 20.0. The average molecular weight is 1760 g/mol. The van der Waals surface area contributed by atoms with Crippen molar-refractivity contribution in [3.05, 3.63) is 0 Å². The van der Waals surface area contributed by atoms with Crippen LogP contribution in [0, 0.1) is 47.3 Å². The molecule has 0 aromatic heterocycles. The van der Waals surface area contributed by atoms with E-state index in [1.54, 1.807) is 83.1 Å². The molecule has 124 heavy (non-hydrogen) atoms. The highest BCUT2D eigenvalue weighted by Crippen LogP contribution is 2.19. The SMILES string of the molecule is CCCCCCCC(O)CC(=O)NC(CC(C)C)C(=O)NC(CCC(=O)O)C(=O)NC(CCC(N)=O)C(=O)NC(C(=O)NC(CC(C)C)C(=O)NC(CCC(N)=O)C(=O)NC1COC(=O)C(CC(C)C)NC(=O)C(CCC(N)=O)NC(=O)C(CC(C)C)NC(=O)C(CCC(N)=O)NC(=O)C(CC(C)C)NC(=O)C(C(C)C)NC(=O)C(C(C)C)NC1=O)C(C)C. The van der Waals surface area contributed by atoms with Gasteiger partial charge in [0, 0.05) is 32.1 Å². The zero-order valence-electron chi connectivity index (χ0n) is 75.3. The number of carbonyl (C=O) groups excluding carboxylic acids is 19. The van der Waals surface area contributed by atoms with Crippen molar-refractivity contribution in [1.29, 1.82) is 0 Å². The van der Waals surface area contributed by atoms with Gasteiger partial charge in [0.2, 0.25) is 106 Å². The second kappa shape index (κ2) is 57.0. The van der Waals surface area contributed by atoms with Crippen LogP contribution in [0.5, 0.6) is 0 Å². The molecule has 41 nitrogen and oxygen atoms in total. The molecular formula is C83H144N18O23. The van der Waals surface area contributed by atoms with Gasteiger partial charge >= 0.3 is 11.9 Å². The number of carboxylic acids is 1. The van der Waals surface area contributed by atoms with Gasteiger partial charge in [-0.1, -0.05) is 150 Å². The van der Waals surface area contributed by atoms with E-state index in [2.05, 4.69) is 81.4 Å². The lowest BCUT2D eigenvalue weighted by Gasteiger charge is -2.31. The van der Waals surface area contributed by atoms with E-state index in [4.69, 9.17) is 27.7 Å². The number of primary amides is 4. The molecule has 0 saturated carbocycles. The van der Waals surface area contributed by atoms with Crippen molar-refractivity contribution in [3.63, 3.8) is 0 Å². The maximum absolute atomic E-state index is 15.1. The largest absolute Gasteiger partial charge is 0.481 e. The number of aliphatic carboxylic acids is 1. The Bertz CT molecular complexity index is 3610. The average Bonchev–Trinajstić information content (AvgIpc) is 0.942. The van der Waals surface area contributed by atoms with Gasteiger partial charge in [-0.15, -0.1) is 0 Å². The Morgan fingerprint density at radius 1 is 0.387 bits per heavy atom. The quantitative estimate of drug-likeness (QED) is 0.0245. The zero-order chi connectivity index (χ0) is 94.7. The van der Waals surface area contributed by atoms with Crippen LogP contribution in [0.4, 0.5) is 0 Å². The number of esters is 1. The minimum Gasteiger partial charge on any atom is -0.481 e. The molecule has 1 fully saturated rings. The Balaban J connectivity index is 4.20. The summed E-state index contributed by atoms with van der Waals surface area (Å²) in [4.78, 5) is 279. The Morgan fingerprint density at radius 2 is 0.742 bits per heavy atom. The highest BCUT2D eigenvalue weighted by molar-refractivity contribution is 6.01. The van der Waals surface area contributed by atoms with Crippen molar-refractivity contribution in [2.24, 2.45) is 70.3 Å². The van der Waals surface area contributed by atoms with Crippen LogP contribution in [-0.4, -0.2) is 226 Å². The number of aliphatic hydroxyl groups is 1. The number of unbranched alkanes of at least 4 members (excludes halogenated alkanes) is 4. The maximum Gasteiger partial charge on any atom is 0.328 e. The Labute approximate surface area is 727 Å². The van der Waals surface area contributed by atoms with Crippen LogP contribution < -0.4 is 97.4 Å². The zero-order valence-corrected chi connectivity index (χ0v) is 75.3. The molecule has 0 bridgehead atoms. The number of rotatable bonds is 49. The molecule has 24 N–H and O–H groups in total. The van der Waals surface area contributed by atoms with E-state index in [9.17, 15) is 96.5 Å². The molecule has 0 aromatic carbocycles. The second-order valence-electron chi connectivity index (χ2n) is 35.2. The number of nitrogens with one attached hydrogen (secondary N) is 14. The fourth-order valence-corrected chi connectivity index (χ4v) is 13.3. The summed E-state index contributed by atoms with van der Waals surface area (Å²) in [6, 6.07) is -22.9. The lowest BCUT2D eigenvalue weighted by atomic mass is 9.97. The summed E-state index contributed by atoms with van der Waals surface area (Å²) in [7, 11) is 0. The standard InChI is InChI=1S/C83H144N18O23/c1-18-19-20-21-22-23-49(102)39-65(107)88-55(34-41(2)3)75(115)93-54(28-33-66(108)109)70(110)89-53(27-32-64(87)106)74(114)99-67(46(12)13)80(120)95-57(36-43(6)7)78(118)92-52(26-31-63(86)105)73(113)98-60-40-124-83(123)59(38-45(10)11)97-72(112)51(25-30-62(85)104)91-76(116)56(35-42(4)5)94-71(111)50(24-29-61(84)103)90-77(117)58(37-44(8)9)96-81(121)68(47(14)15)101-82(122)69(48(16)17)100-79(60)119/h41-60,67-69,102H,18-40H2,1-17H3,(H2,84,103)(H2,85,104)(H2,86,105)(H2,87,106)(H,88,107)(H,89,110)(H,90,117)(H,91,116)(H,92,118)(H,93,115)(H,94,111)(H,95,120)(H,96,121)(H,97,112)(H,98,113)(H,99,114)(H,100,119)(H,101,122)(H,108,109). The molecule has 1 heterocycles. The first-order valence-electron chi connectivity index (χ1n) is 43.2. The maximum atomic E-state index is 15.1.